The van der Waals surface area contributed by atoms with Gasteiger partial charge in [-0.1, -0.05) is 46.0 Å². The minimum atomic E-state index is -3.06. The molecule has 0 atom stereocenters. The molecule has 1 fully saturated rings. The lowest BCUT2D eigenvalue weighted by Crippen LogP contribution is -2.29. The van der Waals surface area contributed by atoms with Crippen LogP contribution in [-0.2, 0) is 10.0 Å². The van der Waals surface area contributed by atoms with Crippen molar-refractivity contribution in [2.45, 2.75) is 71.3 Å². The summed E-state index contributed by atoms with van der Waals surface area (Å²) in [6.45, 7) is 5.72. The van der Waals surface area contributed by atoms with Crippen molar-refractivity contribution in [2.75, 3.05) is 18.8 Å². The van der Waals surface area contributed by atoms with Gasteiger partial charge in [0.1, 0.15) is 0 Å². The molecule has 0 saturated heterocycles. The highest BCUT2D eigenvalue weighted by Crippen LogP contribution is 2.25. The van der Waals surface area contributed by atoms with Crippen LogP contribution in [0.15, 0.2) is 0 Å². The second-order valence-electron chi connectivity index (χ2n) is 6.32. The molecular formula is C15H32N2O2S. The number of unbranched alkanes of at least 4 members (excludes halogenated alkanes) is 1. The summed E-state index contributed by atoms with van der Waals surface area (Å²) in [5, 5.41) is 3.30. The standard InChI is InChI=1S/C15H32N2O2S/c1-14(2)16-11-6-7-13-20(18,19)17-12-10-15-8-4-3-5-9-15/h14-17H,3-13H2,1-2H3. The maximum atomic E-state index is 11.8. The first-order chi connectivity index (χ1) is 9.49. The number of rotatable bonds is 10. The maximum absolute atomic E-state index is 11.8. The quantitative estimate of drug-likeness (QED) is 0.610. The third-order valence-corrected chi connectivity index (χ3v) is 5.46. The van der Waals surface area contributed by atoms with E-state index in [1.807, 2.05) is 0 Å². The molecule has 4 nitrogen and oxygen atoms in total. The van der Waals surface area contributed by atoms with Gasteiger partial charge < -0.3 is 5.32 Å². The Kier molecular flexibility index (Phi) is 8.73. The highest BCUT2D eigenvalue weighted by Gasteiger charge is 2.15. The van der Waals surface area contributed by atoms with E-state index < -0.39 is 10.0 Å². The van der Waals surface area contributed by atoms with Gasteiger partial charge in [0.15, 0.2) is 0 Å². The summed E-state index contributed by atoms with van der Waals surface area (Å²) in [6, 6.07) is 0.472. The summed E-state index contributed by atoms with van der Waals surface area (Å²) in [7, 11) is -3.06. The third-order valence-electron chi connectivity index (χ3n) is 3.99. The lowest BCUT2D eigenvalue weighted by molar-refractivity contribution is 0.339. The molecule has 2 N–H and O–H groups in total. The van der Waals surface area contributed by atoms with Crippen molar-refractivity contribution < 1.29 is 8.42 Å². The molecule has 0 aromatic heterocycles. The molecule has 120 valence electrons. The van der Waals surface area contributed by atoms with Crippen LogP contribution in [0.4, 0.5) is 0 Å². The fourth-order valence-electron chi connectivity index (χ4n) is 2.77. The number of nitrogens with one attached hydrogen (secondary N) is 2. The Morgan fingerprint density at radius 2 is 1.75 bits per heavy atom. The fraction of sp³-hybridized carbons (Fsp3) is 1.00. The average Bonchev–Trinajstić information content (AvgIpc) is 2.39. The number of hydrogen-bond donors (Lipinski definition) is 2. The van der Waals surface area contributed by atoms with Gasteiger partial charge in [-0.05, 0) is 31.7 Å². The minimum Gasteiger partial charge on any atom is -0.315 e. The molecule has 0 aromatic rings. The SMILES string of the molecule is CC(C)NCCCCS(=O)(=O)NCCC1CCCCC1. The molecule has 0 radical (unpaired) electrons. The predicted molar refractivity (Wildman–Crippen MR) is 85.4 cm³/mol. The van der Waals surface area contributed by atoms with Gasteiger partial charge in [-0.2, -0.15) is 0 Å². The molecule has 1 rings (SSSR count). The van der Waals surface area contributed by atoms with E-state index in [1.54, 1.807) is 0 Å². The second-order valence-corrected chi connectivity index (χ2v) is 8.25. The summed E-state index contributed by atoms with van der Waals surface area (Å²) in [6.07, 6.45) is 9.21. The summed E-state index contributed by atoms with van der Waals surface area (Å²) >= 11 is 0. The van der Waals surface area contributed by atoms with Crippen LogP contribution in [0, 0.1) is 5.92 Å². The minimum absolute atomic E-state index is 0.261. The number of sulfonamides is 1. The molecule has 0 unspecified atom stereocenters. The molecule has 1 aliphatic carbocycles. The van der Waals surface area contributed by atoms with Crippen molar-refractivity contribution in [1.29, 1.82) is 0 Å². The zero-order valence-corrected chi connectivity index (χ0v) is 14.0. The molecule has 20 heavy (non-hydrogen) atoms. The zero-order valence-electron chi connectivity index (χ0n) is 13.2. The van der Waals surface area contributed by atoms with Gasteiger partial charge in [0.2, 0.25) is 10.0 Å². The highest BCUT2D eigenvalue weighted by atomic mass is 32.2. The van der Waals surface area contributed by atoms with Crippen molar-refractivity contribution in [3.8, 4) is 0 Å². The predicted octanol–water partition coefficient (Wildman–Crippen LogP) is 2.65. The van der Waals surface area contributed by atoms with Crippen LogP contribution in [0.25, 0.3) is 0 Å². The zero-order chi connectivity index (χ0) is 14.8. The van der Waals surface area contributed by atoms with Crippen LogP contribution in [0.5, 0.6) is 0 Å². The molecule has 1 aliphatic rings. The Labute approximate surface area is 125 Å². The van der Waals surface area contributed by atoms with E-state index in [2.05, 4.69) is 23.9 Å². The van der Waals surface area contributed by atoms with Gasteiger partial charge in [-0.25, -0.2) is 13.1 Å². The van der Waals surface area contributed by atoms with Crippen molar-refractivity contribution in [3.05, 3.63) is 0 Å². The van der Waals surface area contributed by atoms with Crippen LogP contribution < -0.4 is 10.0 Å². The van der Waals surface area contributed by atoms with E-state index in [0.29, 0.717) is 12.6 Å². The van der Waals surface area contributed by atoms with Crippen molar-refractivity contribution in [1.82, 2.24) is 10.0 Å². The summed E-state index contributed by atoms with van der Waals surface area (Å²) in [5.74, 6) is 0.999. The van der Waals surface area contributed by atoms with Crippen LogP contribution in [0.1, 0.15) is 65.2 Å². The van der Waals surface area contributed by atoms with E-state index in [4.69, 9.17) is 0 Å². The normalized spacial score (nSPS) is 17.8. The van der Waals surface area contributed by atoms with Crippen molar-refractivity contribution >= 4 is 10.0 Å². The fourth-order valence-corrected chi connectivity index (χ4v) is 3.93. The molecule has 1 saturated carbocycles. The van der Waals surface area contributed by atoms with Crippen LogP contribution in [-0.4, -0.2) is 33.3 Å². The number of hydrogen-bond acceptors (Lipinski definition) is 3. The lowest BCUT2D eigenvalue weighted by Gasteiger charge is -2.21. The van der Waals surface area contributed by atoms with Gasteiger partial charge in [0.05, 0.1) is 5.75 Å². The third kappa shape index (κ3) is 8.93. The van der Waals surface area contributed by atoms with Crippen molar-refractivity contribution in [3.63, 3.8) is 0 Å². The van der Waals surface area contributed by atoms with Gasteiger partial charge in [0, 0.05) is 12.6 Å². The molecule has 5 heteroatoms. The van der Waals surface area contributed by atoms with E-state index in [0.717, 1.165) is 31.7 Å². The summed E-state index contributed by atoms with van der Waals surface area (Å²) < 4.78 is 26.4. The van der Waals surface area contributed by atoms with Crippen LogP contribution in [0.2, 0.25) is 0 Å². The maximum Gasteiger partial charge on any atom is 0.211 e. The molecule has 0 spiro atoms. The van der Waals surface area contributed by atoms with E-state index in [1.165, 1.54) is 32.1 Å². The smallest absolute Gasteiger partial charge is 0.211 e. The Morgan fingerprint density at radius 1 is 1.05 bits per heavy atom. The largest absolute Gasteiger partial charge is 0.315 e. The Bertz CT molecular complexity index is 336. The van der Waals surface area contributed by atoms with Gasteiger partial charge >= 0.3 is 0 Å². The first-order valence-corrected chi connectivity index (χ1v) is 9.85. The van der Waals surface area contributed by atoms with Gasteiger partial charge in [-0.3, -0.25) is 0 Å². The Hall–Kier alpha value is -0.130. The molecule has 0 heterocycles. The Morgan fingerprint density at radius 3 is 2.40 bits per heavy atom. The molecule has 0 aromatic carbocycles. The lowest BCUT2D eigenvalue weighted by atomic mass is 9.87. The summed E-state index contributed by atoms with van der Waals surface area (Å²) in [5.41, 5.74) is 0. The Balaban J connectivity index is 2.05. The van der Waals surface area contributed by atoms with Gasteiger partial charge in [0.25, 0.3) is 0 Å². The molecule has 0 amide bonds. The average molecular weight is 305 g/mol. The van der Waals surface area contributed by atoms with Crippen molar-refractivity contribution in [2.24, 2.45) is 5.92 Å². The first kappa shape index (κ1) is 17.9. The van der Waals surface area contributed by atoms with Gasteiger partial charge in [-0.15, -0.1) is 0 Å². The first-order valence-electron chi connectivity index (χ1n) is 8.20. The van der Waals surface area contributed by atoms with Crippen LogP contribution >= 0.6 is 0 Å². The van der Waals surface area contributed by atoms with E-state index in [9.17, 15) is 8.42 Å². The molecule has 0 aliphatic heterocycles. The molecular weight excluding hydrogens is 272 g/mol. The molecule has 0 bridgehead atoms. The topological polar surface area (TPSA) is 58.2 Å². The second kappa shape index (κ2) is 9.74. The highest BCUT2D eigenvalue weighted by molar-refractivity contribution is 7.89. The van der Waals surface area contributed by atoms with E-state index in [-0.39, 0.29) is 5.75 Å². The van der Waals surface area contributed by atoms with Crippen LogP contribution in [0.3, 0.4) is 0 Å². The van der Waals surface area contributed by atoms with E-state index >= 15 is 0 Å². The monoisotopic (exact) mass is 304 g/mol. The summed E-state index contributed by atoms with van der Waals surface area (Å²) in [4.78, 5) is 0.